The van der Waals surface area contributed by atoms with Gasteiger partial charge in [-0.3, -0.25) is 4.57 Å². The number of nitrogens with zero attached hydrogens (tertiary/aromatic N) is 5. The van der Waals surface area contributed by atoms with Gasteiger partial charge in [0.25, 0.3) is 0 Å². The van der Waals surface area contributed by atoms with Crippen LogP contribution in [0.1, 0.15) is 0 Å². The monoisotopic (exact) mass is 843 g/mol. The van der Waals surface area contributed by atoms with E-state index < -0.39 is 0 Å². The number of fused-ring (bicyclic) bond motifs is 4. The lowest BCUT2D eigenvalue weighted by Crippen LogP contribution is -2.10. The highest BCUT2D eigenvalue weighted by molar-refractivity contribution is 6.11. The van der Waals surface area contributed by atoms with Crippen molar-refractivity contribution in [2.75, 3.05) is 4.90 Å². The highest BCUT2D eigenvalue weighted by atomic mass is 15.2. The number of hydrogen-bond acceptors (Lipinski definition) is 4. The van der Waals surface area contributed by atoms with Gasteiger partial charge < -0.3 is 4.90 Å². The molecule has 0 bridgehead atoms. The molecule has 0 saturated carbocycles. The molecule has 2 aromatic heterocycles. The molecule has 5 heteroatoms. The molecule has 0 spiro atoms. The summed E-state index contributed by atoms with van der Waals surface area (Å²) in [6, 6.07) is 87.8. The molecule has 0 N–H and O–H groups in total. The topological polar surface area (TPSA) is 46.8 Å². The van der Waals surface area contributed by atoms with Crippen LogP contribution in [-0.4, -0.2) is 19.5 Å². The van der Waals surface area contributed by atoms with Crippen molar-refractivity contribution in [1.29, 1.82) is 0 Å². The first-order chi connectivity index (χ1) is 32.7. The van der Waals surface area contributed by atoms with E-state index in [4.69, 9.17) is 15.0 Å². The third kappa shape index (κ3) is 7.25. The zero-order valence-electron chi connectivity index (χ0n) is 35.9. The van der Waals surface area contributed by atoms with Crippen LogP contribution in [0.4, 0.5) is 17.1 Å². The van der Waals surface area contributed by atoms with E-state index in [9.17, 15) is 0 Å². The summed E-state index contributed by atoms with van der Waals surface area (Å²) in [4.78, 5) is 18.2. The van der Waals surface area contributed by atoms with Crippen molar-refractivity contribution in [3.63, 3.8) is 0 Å². The average Bonchev–Trinajstić information content (AvgIpc) is 3.73. The van der Waals surface area contributed by atoms with Crippen molar-refractivity contribution >= 4 is 49.6 Å². The molecule has 0 radical (unpaired) electrons. The first-order valence-electron chi connectivity index (χ1n) is 22.3. The zero-order valence-corrected chi connectivity index (χ0v) is 35.9. The molecular weight excluding hydrogens is 803 g/mol. The number of rotatable bonds is 9. The Morgan fingerprint density at radius 2 is 0.682 bits per heavy atom. The fourth-order valence-electron chi connectivity index (χ4n) is 9.12. The number of aromatic nitrogens is 4. The van der Waals surface area contributed by atoms with Crippen molar-refractivity contribution < 1.29 is 0 Å². The highest BCUT2D eigenvalue weighted by Gasteiger charge is 2.21. The standard InChI is InChI=1S/C61H41N5/c1-5-15-42(16-6-1)45-25-28-48(29-26-45)60-62-59(47-20-9-3-10-21-47)63-61(64-60)66-57-40-51(50-30-27-44-19-13-14-22-49(44)39-50)33-37-55(57)56-38-36-54(41-58(56)66)65(52-23-11-4-12-24-52)53-34-31-46(32-35-53)43-17-7-2-8-18-43/h1-41H. The predicted octanol–water partition coefficient (Wildman–Crippen LogP) is 15.9. The van der Waals surface area contributed by atoms with E-state index in [0.717, 1.165) is 72.2 Å². The van der Waals surface area contributed by atoms with Crippen molar-refractivity contribution in [2.45, 2.75) is 0 Å². The summed E-state index contributed by atoms with van der Waals surface area (Å²) in [7, 11) is 0. The molecule has 5 nitrogen and oxygen atoms in total. The molecule has 0 aliphatic rings. The Bertz CT molecular complexity index is 3660. The van der Waals surface area contributed by atoms with Gasteiger partial charge >= 0.3 is 0 Å². The van der Waals surface area contributed by atoms with Crippen molar-refractivity contribution in [3.8, 4) is 62.1 Å². The van der Waals surface area contributed by atoms with Crippen LogP contribution in [0.3, 0.4) is 0 Å². The minimum absolute atomic E-state index is 0.539. The van der Waals surface area contributed by atoms with Gasteiger partial charge in [-0.05, 0) is 92.7 Å². The van der Waals surface area contributed by atoms with Crippen molar-refractivity contribution in [3.05, 3.63) is 249 Å². The molecular formula is C61H41N5. The van der Waals surface area contributed by atoms with Gasteiger partial charge in [-0.15, -0.1) is 0 Å². The maximum absolute atomic E-state index is 5.37. The molecule has 0 fully saturated rings. The largest absolute Gasteiger partial charge is 0.310 e. The Kier molecular flexibility index (Phi) is 9.77. The number of hydrogen-bond donors (Lipinski definition) is 0. The quantitative estimate of drug-likeness (QED) is 0.145. The van der Waals surface area contributed by atoms with E-state index in [-0.39, 0.29) is 0 Å². The Morgan fingerprint density at radius 1 is 0.273 bits per heavy atom. The zero-order chi connectivity index (χ0) is 43.8. The van der Waals surface area contributed by atoms with Gasteiger partial charge in [-0.25, -0.2) is 4.98 Å². The van der Waals surface area contributed by atoms with E-state index >= 15 is 0 Å². The maximum atomic E-state index is 5.37. The van der Waals surface area contributed by atoms with Gasteiger partial charge in [-0.2, -0.15) is 9.97 Å². The second kappa shape index (κ2) is 16.6. The van der Waals surface area contributed by atoms with Crippen LogP contribution in [0.2, 0.25) is 0 Å². The smallest absolute Gasteiger partial charge is 0.238 e. The lowest BCUT2D eigenvalue weighted by Gasteiger charge is -2.26. The Labute approximate surface area is 383 Å². The highest BCUT2D eigenvalue weighted by Crippen LogP contribution is 2.41. The number of benzene rings is 10. The van der Waals surface area contributed by atoms with Gasteiger partial charge in [0.05, 0.1) is 11.0 Å². The third-order valence-electron chi connectivity index (χ3n) is 12.4. The van der Waals surface area contributed by atoms with Gasteiger partial charge in [0.1, 0.15) is 0 Å². The van der Waals surface area contributed by atoms with E-state index in [0.29, 0.717) is 17.6 Å². The maximum Gasteiger partial charge on any atom is 0.238 e. The first kappa shape index (κ1) is 38.7. The van der Waals surface area contributed by atoms with Crippen LogP contribution < -0.4 is 4.90 Å². The third-order valence-corrected chi connectivity index (χ3v) is 12.4. The molecule has 0 aliphatic carbocycles. The molecule has 12 rings (SSSR count). The summed E-state index contributed by atoms with van der Waals surface area (Å²) in [6.07, 6.45) is 0. The molecule has 2 heterocycles. The van der Waals surface area contributed by atoms with Crippen LogP contribution in [0.5, 0.6) is 0 Å². The summed E-state index contributed by atoms with van der Waals surface area (Å²) in [5, 5.41) is 4.62. The van der Waals surface area contributed by atoms with E-state index in [1.165, 1.54) is 21.9 Å². The van der Waals surface area contributed by atoms with Crippen LogP contribution in [0, 0.1) is 0 Å². The first-order valence-corrected chi connectivity index (χ1v) is 22.3. The van der Waals surface area contributed by atoms with E-state index in [2.05, 4.69) is 234 Å². The van der Waals surface area contributed by atoms with Crippen LogP contribution in [0.25, 0.3) is 94.7 Å². The normalized spacial score (nSPS) is 11.3. The molecule has 0 unspecified atom stereocenters. The minimum atomic E-state index is 0.539. The second-order valence-corrected chi connectivity index (χ2v) is 16.5. The molecule has 0 amide bonds. The van der Waals surface area contributed by atoms with Gasteiger partial charge in [0.15, 0.2) is 11.6 Å². The second-order valence-electron chi connectivity index (χ2n) is 16.5. The van der Waals surface area contributed by atoms with Crippen LogP contribution in [-0.2, 0) is 0 Å². The molecule has 0 saturated heterocycles. The summed E-state index contributed by atoms with van der Waals surface area (Å²) in [5.41, 5.74) is 13.8. The van der Waals surface area contributed by atoms with E-state index in [1.54, 1.807) is 0 Å². The molecule has 66 heavy (non-hydrogen) atoms. The average molecular weight is 844 g/mol. The lowest BCUT2D eigenvalue weighted by molar-refractivity contribution is 0.953. The van der Waals surface area contributed by atoms with E-state index in [1.807, 2.05) is 24.3 Å². The molecule has 12 aromatic rings. The summed E-state index contributed by atoms with van der Waals surface area (Å²) < 4.78 is 2.23. The van der Waals surface area contributed by atoms with Crippen molar-refractivity contribution in [2.24, 2.45) is 0 Å². The lowest BCUT2D eigenvalue weighted by atomic mass is 10.00. The summed E-state index contributed by atoms with van der Waals surface area (Å²) in [5.74, 6) is 1.74. The Morgan fingerprint density at radius 3 is 1.32 bits per heavy atom. The fraction of sp³-hybridized carbons (Fsp3) is 0. The van der Waals surface area contributed by atoms with Crippen LogP contribution >= 0.6 is 0 Å². The van der Waals surface area contributed by atoms with Gasteiger partial charge in [0.2, 0.25) is 5.95 Å². The summed E-state index contributed by atoms with van der Waals surface area (Å²) in [6.45, 7) is 0. The van der Waals surface area contributed by atoms with Gasteiger partial charge in [-0.1, -0.05) is 200 Å². The predicted molar refractivity (Wildman–Crippen MR) is 274 cm³/mol. The van der Waals surface area contributed by atoms with Gasteiger partial charge in [0, 0.05) is 39.0 Å². The number of anilines is 3. The summed E-state index contributed by atoms with van der Waals surface area (Å²) >= 11 is 0. The Hall–Kier alpha value is -8.93. The molecule has 0 aliphatic heterocycles. The SMILES string of the molecule is c1ccc(-c2ccc(-c3nc(-c4ccccc4)nc(-n4c5cc(-c6ccc7ccccc7c6)ccc5c5ccc(N(c6ccccc6)c6ccc(-c7ccccc7)cc6)cc54)n3)cc2)cc1. The molecule has 0 atom stereocenters. The fourth-order valence-corrected chi connectivity index (χ4v) is 9.12. The minimum Gasteiger partial charge on any atom is -0.310 e. The van der Waals surface area contributed by atoms with Crippen LogP contribution in [0.15, 0.2) is 249 Å². The molecule has 310 valence electrons. The Balaban J connectivity index is 1.09. The molecule has 10 aromatic carbocycles. The van der Waals surface area contributed by atoms with Crippen molar-refractivity contribution in [1.82, 2.24) is 19.5 Å². The number of para-hydroxylation sites is 1.